The number of methoxy groups -OCH3 is 1. The molecule has 1 aliphatic rings. The summed E-state index contributed by atoms with van der Waals surface area (Å²) in [5.74, 6) is 0. The molecule has 0 amide bonds. The molecule has 1 unspecified atom stereocenters. The molecule has 5 heteroatoms. The van der Waals surface area contributed by atoms with E-state index in [9.17, 15) is 0 Å². The van der Waals surface area contributed by atoms with E-state index in [4.69, 9.17) is 15.2 Å². The maximum atomic E-state index is 6.35. The van der Waals surface area contributed by atoms with Gasteiger partial charge in [-0.05, 0) is 28.4 Å². The van der Waals surface area contributed by atoms with Gasteiger partial charge in [0, 0.05) is 53.9 Å². The number of ether oxygens (including phenoxy) is 2. The van der Waals surface area contributed by atoms with E-state index in [1.54, 1.807) is 18.4 Å². The highest BCUT2D eigenvalue weighted by Crippen LogP contribution is 2.30. The van der Waals surface area contributed by atoms with Gasteiger partial charge >= 0.3 is 0 Å². The van der Waals surface area contributed by atoms with Crippen molar-refractivity contribution in [1.29, 1.82) is 0 Å². The second kappa shape index (κ2) is 5.80. The standard InChI is InChI=1S/C12H18BrNO2S/c1-15-12(2-4-16-5-3-12)11(14)7-10-6-9(13)8-17-10/h6,8,11H,2-5,7,14H2,1H3. The van der Waals surface area contributed by atoms with Crippen LogP contribution in [-0.2, 0) is 15.9 Å². The fourth-order valence-electron chi connectivity index (χ4n) is 2.31. The van der Waals surface area contributed by atoms with Crippen molar-refractivity contribution < 1.29 is 9.47 Å². The lowest BCUT2D eigenvalue weighted by Gasteiger charge is -2.40. The molecule has 2 N–H and O–H groups in total. The summed E-state index contributed by atoms with van der Waals surface area (Å²) in [5, 5.41) is 2.09. The van der Waals surface area contributed by atoms with Crippen molar-refractivity contribution in [2.24, 2.45) is 5.73 Å². The third kappa shape index (κ3) is 3.09. The molecule has 1 aromatic heterocycles. The van der Waals surface area contributed by atoms with Crippen LogP contribution >= 0.6 is 27.3 Å². The Labute approximate surface area is 114 Å². The largest absolute Gasteiger partial charge is 0.381 e. The SMILES string of the molecule is COC1(C(N)Cc2cc(Br)cs2)CCOCC1. The van der Waals surface area contributed by atoms with Gasteiger partial charge in [-0.2, -0.15) is 0 Å². The predicted octanol–water partition coefficient (Wildman–Crippen LogP) is 2.58. The lowest BCUT2D eigenvalue weighted by atomic mass is 9.84. The second-order valence-electron chi connectivity index (χ2n) is 4.42. The number of nitrogens with two attached hydrogens (primary N) is 1. The Bertz CT molecular complexity index is 363. The van der Waals surface area contributed by atoms with Crippen LogP contribution in [0.2, 0.25) is 0 Å². The van der Waals surface area contributed by atoms with E-state index in [0.29, 0.717) is 0 Å². The van der Waals surface area contributed by atoms with E-state index in [0.717, 1.165) is 36.9 Å². The van der Waals surface area contributed by atoms with Crippen LogP contribution < -0.4 is 5.73 Å². The van der Waals surface area contributed by atoms with Crippen LogP contribution in [0, 0.1) is 0 Å². The first kappa shape index (κ1) is 13.5. The minimum absolute atomic E-state index is 0.0296. The van der Waals surface area contributed by atoms with Crippen LogP contribution in [0.4, 0.5) is 0 Å². The third-order valence-electron chi connectivity index (χ3n) is 3.46. The van der Waals surface area contributed by atoms with Gasteiger partial charge in [-0.25, -0.2) is 0 Å². The highest BCUT2D eigenvalue weighted by molar-refractivity contribution is 9.10. The molecule has 0 spiro atoms. The molecule has 0 radical (unpaired) electrons. The van der Waals surface area contributed by atoms with E-state index in [2.05, 4.69) is 27.4 Å². The quantitative estimate of drug-likeness (QED) is 0.927. The fourth-order valence-corrected chi connectivity index (χ4v) is 3.82. The molecule has 0 bridgehead atoms. The van der Waals surface area contributed by atoms with Gasteiger partial charge in [0.15, 0.2) is 0 Å². The van der Waals surface area contributed by atoms with Gasteiger partial charge in [0.25, 0.3) is 0 Å². The molecule has 2 heterocycles. The second-order valence-corrected chi connectivity index (χ2v) is 6.33. The molecular weight excluding hydrogens is 302 g/mol. The average molecular weight is 320 g/mol. The molecule has 1 aromatic rings. The molecule has 1 fully saturated rings. The fraction of sp³-hybridized carbons (Fsp3) is 0.667. The summed E-state index contributed by atoms with van der Waals surface area (Å²) in [6, 6.07) is 2.16. The summed E-state index contributed by atoms with van der Waals surface area (Å²) >= 11 is 5.20. The van der Waals surface area contributed by atoms with Crippen molar-refractivity contribution in [3.63, 3.8) is 0 Å². The Morgan fingerprint density at radius 3 is 2.82 bits per heavy atom. The Morgan fingerprint density at radius 2 is 2.29 bits per heavy atom. The molecule has 2 rings (SSSR count). The van der Waals surface area contributed by atoms with Gasteiger partial charge < -0.3 is 15.2 Å². The van der Waals surface area contributed by atoms with Gasteiger partial charge in [-0.3, -0.25) is 0 Å². The Hall–Kier alpha value is 0.0600. The van der Waals surface area contributed by atoms with Crippen LogP contribution in [-0.4, -0.2) is 32.0 Å². The maximum absolute atomic E-state index is 6.35. The molecule has 1 saturated heterocycles. The summed E-state index contributed by atoms with van der Waals surface area (Å²) in [4.78, 5) is 1.30. The average Bonchev–Trinajstić information content (AvgIpc) is 2.75. The van der Waals surface area contributed by atoms with Crippen molar-refractivity contribution in [2.45, 2.75) is 30.9 Å². The van der Waals surface area contributed by atoms with Crippen LogP contribution in [0.25, 0.3) is 0 Å². The number of thiophene rings is 1. The van der Waals surface area contributed by atoms with Gasteiger partial charge in [0.2, 0.25) is 0 Å². The van der Waals surface area contributed by atoms with Gasteiger partial charge in [0.1, 0.15) is 0 Å². The zero-order valence-electron chi connectivity index (χ0n) is 9.95. The summed E-state index contributed by atoms with van der Waals surface area (Å²) in [7, 11) is 1.76. The topological polar surface area (TPSA) is 44.5 Å². The van der Waals surface area contributed by atoms with E-state index in [1.165, 1.54) is 4.88 Å². The molecule has 0 saturated carbocycles. The summed E-state index contributed by atoms with van der Waals surface area (Å²) in [6.07, 6.45) is 2.64. The molecule has 1 aliphatic heterocycles. The van der Waals surface area contributed by atoms with Crippen molar-refractivity contribution in [1.82, 2.24) is 0 Å². The van der Waals surface area contributed by atoms with E-state index in [1.807, 2.05) is 0 Å². The van der Waals surface area contributed by atoms with Crippen molar-refractivity contribution >= 4 is 27.3 Å². The first-order valence-corrected chi connectivity index (χ1v) is 7.45. The van der Waals surface area contributed by atoms with Crippen LogP contribution in [0.5, 0.6) is 0 Å². The normalized spacial score (nSPS) is 21.4. The first-order valence-electron chi connectivity index (χ1n) is 5.78. The predicted molar refractivity (Wildman–Crippen MR) is 73.5 cm³/mol. The van der Waals surface area contributed by atoms with E-state index in [-0.39, 0.29) is 11.6 Å². The zero-order chi connectivity index (χ0) is 12.3. The van der Waals surface area contributed by atoms with Crippen molar-refractivity contribution in [3.05, 3.63) is 20.8 Å². The number of hydrogen-bond acceptors (Lipinski definition) is 4. The summed E-state index contributed by atoms with van der Waals surface area (Å²) in [5.41, 5.74) is 6.13. The highest BCUT2D eigenvalue weighted by Gasteiger charge is 2.38. The number of hydrogen-bond donors (Lipinski definition) is 1. The molecule has 3 nitrogen and oxygen atoms in total. The van der Waals surface area contributed by atoms with Crippen LogP contribution in [0.1, 0.15) is 17.7 Å². The number of halogens is 1. The minimum Gasteiger partial charge on any atom is -0.381 e. The van der Waals surface area contributed by atoms with Crippen LogP contribution in [0.15, 0.2) is 15.9 Å². The Morgan fingerprint density at radius 1 is 1.59 bits per heavy atom. The maximum Gasteiger partial charge on any atom is 0.0876 e. The van der Waals surface area contributed by atoms with Crippen molar-refractivity contribution in [3.8, 4) is 0 Å². The monoisotopic (exact) mass is 319 g/mol. The molecule has 0 aliphatic carbocycles. The number of rotatable bonds is 4. The van der Waals surface area contributed by atoms with E-state index < -0.39 is 0 Å². The minimum atomic E-state index is -0.214. The van der Waals surface area contributed by atoms with E-state index >= 15 is 0 Å². The third-order valence-corrected chi connectivity index (χ3v) is 5.18. The van der Waals surface area contributed by atoms with Crippen molar-refractivity contribution in [2.75, 3.05) is 20.3 Å². The molecule has 17 heavy (non-hydrogen) atoms. The van der Waals surface area contributed by atoms with Gasteiger partial charge in [0.05, 0.1) is 5.60 Å². The lowest BCUT2D eigenvalue weighted by molar-refractivity contribution is -0.103. The lowest BCUT2D eigenvalue weighted by Crippen LogP contribution is -2.53. The molecule has 0 aromatic carbocycles. The first-order chi connectivity index (χ1) is 8.16. The highest BCUT2D eigenvalue weighted by atomic mass is 79.9. The Kier molecular flexibility index (Phi) is 4.60. The smallest absolute Gasteiger partial charge is 0.0876 e. The molecule has 1 atom stereocenters. The van der Waals surface area contributed by atoms with Crippen LogP contribution in [0.3, 0.4) is 0 Å². The Balaban J connectivity index is 2.04. The molecular formula is C12H18BrNO2S. The molecule has 96 valence electrons. The van der Waals surface area contributed by atoms with Gasteiger partial charge in [-0.15, -0.1) is 11.3 Å². The zero-order valence-corrected chi connectivity index (χ0v) is 12.4. The summed E-state index contributed by atoms with van der Waals surface area (Å²) in [6.45, 7) is 1.49. The summed E-state index contributed by atoms with van der Waals surface area (Å²) < 4.78 is 12.2. The van der Waals surface area contributed by atoms with Gasteiger partial charge in [-0.1, -0.05) is 0 Å².